The summed E-state index contributed by atoms with van der Waals surface area (Å²) in [6, 6.07) is 0. The molecule has 0 heterocycles. The SMILES string of the molecule is C=CCCCCCCCCCOC[Si](OCC)(OCC)OCC. The Labute approximate surface area is 144 Å². The quantitative estimate of drug-likeness (QED) is 0.201. The molecular weight excluding hydrogens is 308 g/mol. The molecule has 0 rings (SSSR count). The Morgan fingerprint density at radius 3 is 1.70 bits per heavy atom. The summed E-state index contributed by atoms with van der Waals surface area (Å²) in [6.07, 6.45) is 12.5. The lowest BCUT2D eigenvalue weighted by molar-refractivity contribution is 0.0294. The summed E-state index contributed by atoms with van der Waals surface area (Å²) in [5, 5.41) is 0. The molecule has 0 aliphatic carbocycles. The third kappa shape index (κ3) is 12.8. The van der Waals surface area contributed by atoms with Gasteiger partial charge in [0, 0.05) is 26.4 Å². The Hall–Kier alpha value is -0.203. The van der Waals surface area contributed by atoms with E-state index in [0.29, 0.717) is 26.1 Å². The van der Waals surface area contributed by atoms with Crippen LogP contribution in [0.5, 0.6) is 0 Å². The van der Waals surface area contributed by atoms with Crippen molar-refractivity contribution in [1.29, 1.82) is 0 Å². The molecule has 0 radical (unpaired) electrons. The van der Waals surface area contributed by atoms with Crippen molar-refractivity contribution in [2.45, 2.75) is 72.1 Å². The molecule has 0 aliphatic rings. The zero-order valence-corrected chi connectivity index (χ0v) is 16.6. The highest BCUT2D eigenvalue weighted by molar-refractivity contribution is 6.60. The Morgan fingerprint density at radius 2 is 1.22 bits per heavy atom. The van der Waals surface area contributed by atoms with E-state index in [4.69, 9.17) is 18.0 Å². The Balaban J connectivity index is 3.67. The van der Waals surface area contributed by atoms with E-state index in [1.165, 1.54) is 38.5 Å². The first-order chi connectivity index (χ1) is 11.2. The first-order valence-electron chi connectivity index (χ1n) is 9.35. The van der Waals surface area contributed by atoms with Crippen molar-refractivity contribution in [3.8, 4) is 0 Å². The van der Waals surface area contributed by atoms with Gasteiger partial charge < -0.3 is 18.0 Å². The highest BCUT2D eigenvalue weighted by Gasteiger charge is 2.41. The highest BCUT2D eigenvalue weighted by atomic mass is 28.4. The zero-order chi connectivity index (χ0) is 17.2. The fourth-order valence-corrected chi connectivity index (χ4v) is 4.70. The second-order valence-electron chi connectivity index (χ2n) is 5.59. The van der Waals surface area contributed by atoms with Crippen LogP contribution in [0, 0.1) is 0 Å². The van der Waals surface area contributed by atoms with Crippen LogP contribution < -0.4 is 0 Å². The Bertz CT molecular complexity index is 244. The average Bonchev–Trinajstić information content (AvgIpc) is 2.53. The van der Waals surface area contributed by atoms with Crippen molar-refractivity contribution >= 4 is 8.80 Å². The number of hydrogen-bond donors (Lipinski definition) is 0. The standard InChI is InChI=1S/C18H38O4Si/c1-5-9-10-11-12-13-14-15-16-17-19-18-23(20-6-2,21-7-3)22-8-4/h5H,1,6-18H2,2-4H3. The van der Waals surface area contributed by atoms with Gasteiger partial charge in [-0.2, -0.15) is 0 Å². The van der Waals surface area contributed by atoms with E-state index in [9.17, 15) is 0 Å². The molecule has 0 unspecified atom stereocenters. The summed E-state index contributed by atoms with van der Waals surface area (Å²) >= 11 is 0. The molecule has 4 nitrogen and oxygen atoms in total. The van der Waals surface area contributed by atoms with E-state index in [1.54, 1.807) is 0 Å². The van der Waals surface area contributed by atoms with Gasteiger partial charge in [0.2, 0.25) is 0 Å². The summed E-state index contributed by atoms with van der Waals surface area (Å²) < 4.78 is 23.1. The molecule has 0 atom stereocenters. The molecular formula is C18H38O4Si. The summed E-state index contributed by atoms with van der Waals surface area (Å²) in [5.41, 5.74) is 0. The molecule has 0 bridgehead atoms. The van der Waals surface area contributed by atoms with Gasteiger partial charge in [0.05, 0.1) is 0 Å². The minimum Gasteiger partial charge on any atom is -0.377 e. The van der Waals surface area contributed by atoms with E-state index in [2.05, 4.69) is 6.58 Å². The van der Waals surface area contributed by atoms with Gasteiger partial charge in [0.25, 0.3) is 0 Å². The normalized spacial score (nSPS) is 11.8. The Morgan fingerprint density at radius 1 is 0.739 bits per heavy atom. The van der Waals surface area contributed by atoms with E-state index in [1.807, 2.05) is 26.8 Å². The minimum atomic E-state index is -2.62. The summed E-state index contributed by atoms with van der Waals surface area (Å²) in [6.45, 7) is 12.2. The van der Waals surface area contributed by atoms with Gasteiger partial charge in [-0.25, -0.2) is 0 Å². The molecule has 5 heteroatoms. The molecule has 0 N–H and O–H groups in total. The van der Waals surface area contributed by atoms with Crippen LogP contribution in [0.1, 0.15) is 72.1 Å². The van der Waals surface area contributed by atoms with Crippen molar-refractivity contribution in [3.05, 3.63) is 12.7 Å². The highest BCUT2D eigenvalue weighted by Crippen LogP contribution is 2.12. The molecule has 0 saturated heterocycles. The summed E-state index contributed by atoms with van der Waals surface area (Å²) in [4.78, 5) is 0. The molecule has 0 fully saturated rings. The van der Waals surface area contributed by atoms with Gasteiger partial charge in [-0.15, -0.1) is 6.58 Å². The molecule has 0 aromatic carbocycles. The number of ether oxygens (including phenoxy) is 1. The fourth-order valence-electron chi connectivity index (χ4n) is 2.48. The zero-order valence-electron chi connectivity index (χ0n) is 15.6. The second-order valence-corrected chi connectivity index (χ2v) is 8.11. The van der Waals surface area contributed by atoms with Crippen LogP contribution in [0.15, 0.2) is 12.7 Å². The van der Waals surface area contributed by atoms with Gasteiger partial charge in [0.1, 0.15) is 6.23 Å². The van der Waals surface area contributed by atoms with E-state index in [-0.39, 0.29) is 0 Å². The van der Waals surface area contributed by atoms with Crippen molar-refractivity contribution in [1.82, 2.24) is 0 Å². The number of allylic oxidation sites excluding steroid dienone is 1. The monoisotopic (exact) mass is 346 g/mol. The fraction of sp³-hybridized carbons (Fsp3) is 0.889. The second kappa shape index (κ2) is 16.6. The predicted molar refractivity (Wildman–Crippen MR) is 98.6 cm³/mol. The minimum absolute atomic E-state index is 0.462. The third-order valence-electron chi connectivity index (χ3n) is 3.57. The molecule has 0 spiro atoms. The van der Waals surface area contributed by atoms with E-state index < -0.39 is 8.80 Å². The molecule has 0 saturated carbocycles. The van der Waals surface area contributed by atoms with Crippen molar-refractivity contribution < 1.29 is 18.0 Å². The largest absolute Gasteiger partial charge is 0.528 e. The lowest BCUT2D eigenvalue weighted by Crippen LogP contribution is -2.51. The maximum atomic E-state index is 5.79. The topological polar surface area (TPSA) is 36.9 Å². The van der Waals surface area contributed by atoms with Gasteiger partial charge in [-0.3, -0.25) is 0 Å². The molecule has 0 aromatic heterocycles. The van der Waals surface area contributed by atoms with Crippen LogP contribution in [0.25, 0.3) is 0 Å². The van der Waals surface area contributed by atoms with Crippen LogP contribution in [0.2, 0.25) is 0 Å². The molecule has 0 aliphatic heterocycles. The molecule has 23 heavy (non-hydrogen) atoms. The maximum absolute atomic E-state index is 5.79. The number of hydrogen-bond acceptors (Lipinski definition) is 4. The number of unbranched alkanes of at least 4 members (excludes halogenated alkanes) is 7. The van der Waals surface area contributed by atoms with E-state index in [0.717, 1.165) is 19.4 Å². The smallest absolute Gasteiger partial charge is 0.377 e. The van der Waals surface area contributed by atoms with Crippen LogP contribution in [0.4, 0.5) is 0 Å². The van der Waals surface area contributed by atoms with E-state index >= 15 is 0 Å². The van der Waals surface area contributed by atoms with Gasteiger partial charge in [-0.05, 0) is 40.0 Å². The lowest BCUT2D eigenvalue weighted by atomic mass is 10.1. The molecule has 0 aromatic rings. The van der Waals surface area contributed by atoms with Gasteiger partial charge >= 0.3 is 8.80 Å². The van der Waals surface area contributed by atoms with Gasteiger partial charge in [0.15, 0.2) is 0 Å². The molecule has 138 valence electrons. The van der Waals surface area contributed by atoms with Crippen molar-refractivity contribution in [2.75, 3.05) is 32.7 Å². The van der Waals surface area contributed by atoms with Crippen LogP contribution in [-0.2, 0) is 18.0 Å². The number of rotatable bonds is 18. The maximum Gasteiger partial charge on any atom is 0.528 e. The van der Waals surface area contributed by atoms with Crippen LogP contribution >= 0.6 is 0 Å². The third-order valence-corrected chi connectivity index (χ3v) is 6.31. The first kappa shape index (κ1) is 22.8. The van der Waals surface area contributed by atoms with Crippen molar-refractivity contribution in [3.63, 3.8) is 0 Å². The lowest BCUT2D eigenvalue weighted by Gasteiger charge is -2.28. The van der Waals surface area contributed by atoms with Crippen LogP contribution in [-0.4, -0.2) is 41.5 Å². The first-order valence-corrected chi connectivity index (χ1v) is 11.3. The summed E-state index contributed by atoms with van der Waals surface area (Å²) in [7, 11) is -2.62. The average molecular weight is 347 g/mol. The Kier molecular flexibility index (Phi) is 16.5. The molecule has 0 amide bonds. The van der Waals surface area contributed by atoms with Crippen LogP contribution in [0.3, 0.4) is 0 Å². The van der Waals surface area contributed by atoms with Crippen molar-refractivity contribution in [2.24, 2.45) is 0 Å². The predicted octanol–water partition coefficient (Wildman–Crippen LogP) is 4.90. The summed E-state index contributed by atoms with van der Waals surface area (Å²) in [5.74, 6) is 0. The van der Waals surface area contributed by atoms with Gasteiger partial charge in [-0.1, -0.05) is 38.2 Å².